The van der Waals surface area contributed by atoms with Gasteiger partial charge in [0.1, 0.15) is 0 Å². The highest BCUT2D eigenvalue weighted by Crippen LogP contribution is 2.22. The second-order valence-electron chi connectivity index (χ2n) is 3.93. The molecule has 0 aromatic heterocycles. The van der Waals surface area contributed by atoms with Crippen LogP contribution in [0.3, 0.4) is 0 Å². The average molecular weight is 251 g/mol. The molecule has 1 unspecified atom stereocenters. The van der Waals surface area contributed by atoms with Crippen molar-refractivity contribution >= 4 is 15.5 Å². The van der Waals surface area contributed by atoms with Crippen molar-refractivity contribution in [1.29, 1.82) is 0 Å². The van der Waals surface area contributed by atoms with Gasteiger partial charge < -0.3 is 5.32 Å². The van der Waals surface area contributed by atoms with Crippen LogP contribution in [0.15, 0.2) is 29.2 Å². The van der Waals surface area contributed by atoms with Crippen LogP contribution in [0.5, 0.6) is 0 Å². The molecule has 0 aliphatic rings. The van der Waals surface area contributed by atoms with Crippen molar-refractivity contribution in [2.45, 2.75) is 30.7 Å². The van der Waals surface area contributed by atoms with E-state index in [1.165, 1.54) is 6.26 Å². The Morgan fingerprint density at radius 3 is 2.59 bits per heavy atom. The molecule has 1 aromatic carbocycles. The first-order valence-electron chi connectivity index (χ1n) is 5.48. The Labute approximate surface area is 103 Å². The monoisotopic (exact) mass is 251 g/mol. The van der Waals surface area contributed by atoms with Crippen molar-refractivity contribution in [1.82, 2.24) is 0 Å². The van der Waals surface area contributed by atoms with Gasteiger partial charge >= 0.3 is 0 Å². The van der Waals surface area contributed by atoms with Crippen LogP contribution < -0.4 is 5.32 Å². The van der Waals surface area contributed by atoms with Crippen molar-refractivity contribution in [3.05, 3.63) is 24.3 Å². The summed E-state index contributed by atoms with van der Waals surface area (Å²) < 4.78 is 23.2. The molecule has 0 fully saturated rings. The fourth-order valence-electron chi connectivity index (χ4n) is 1.57. The molecule has 0 heterocycles. The van der Waals surface area contributed by atoms with E-state index in [-0.39, 0.29) is 6.04 Å². The molecule has 3 nitrogen and oxygen atoms in total. The molecular formula is C13H17NO2S. The summed E-state index contributed by atoms with van der Waals surface area (Å²) >= 11 is 0. The molecular weight excluding hydrogens is 234 g/mol. The Morgan fingerprint density at radius 1 is 1.41 bits per heavy atom. The number of terminal acetylenes is 1. The van der Waals surface area contributed by atoms with Crippen molar-refractivity contribution in [2.75, 3.05) is 11.6 Å². The summed E-state index contributed by atoms with van der Waals surface area (Å²) in [5.74, 6) is 2.59. The first kappa shape index (κ1) is 13.6. The quantitative estimate of drug-likeness (QED) is 0.817. The smallest absolute Gasteiger partial charge is 0.177 e. The Morgan fingerprint density at radius 2 is 2.06 bits per heavy atom. The summed E-state index contributed by atoms with van der Waals surface area (Å²) in [6.45, 7) is 2.01. The number of hydrogen-bond acceptors (Lipinski definition) is 3. The summed E-state index contributed by atoms with van der Waals surface area (Å²) in [6, 6.07) is 6.97. The van der Waals surface area contributed by atoms with Gasteiger partial charge in [0.2, 0.25) is 0 Å². The van der Waals surface area contributed by atoms with E-state index >= 15 is 0 Å². The van der Waals surface area contributed by atoms with Gasteiger partial charge in [-0.1, -0.05) is 19.1 Å². The van der Waals surface area contributed by atoms with Crippen molar-refractivity contribution in [3.63, 3.8) is 0 Å². The van der Waals surface area contributed by atoms with Gasteiger partial charge in [0.15, 0.2) is 9.84 Å². The fraction of sp³-hybridized carbons (Fsp3) is 0.385. The zero-order valence-corrected chi connectivity index (χ0v) is 10.9. The lowest BCUT2D eigenvalue weighted by atomic mass is 10.1. The van der Waals surface area contributed by atoms with Crippen molar-refractivity contribution in [3.8, 4) is 12.3 Å². The molecule has 1 N–H and O–H groups in total. The van der Waals surface area contributed by atoms with Crippen LogP contribution >= 0.6 is 0 Å². The molecule has 0 aliphatic heterocycles. The second kappa shape index (κ2) is 5.74. The summed E-state index contributed by atoms with van der Waals surface area (Å²) in [4.78, 5) is 0.315. The molecule has 1 rings (SSSR count). The molecule has 17 heavy (non-hydrogen) atoms. The van der Waals surface area contributed by atoms with Gasteiger partial charge in [0.25, 0.3) is 0 Å². The highest BCUT2D eigenvalue weighted by atomic mass is 32.2. The number of benzene rings is 1. The van der Waals surface area contributed by atoms with Crippen LogP contribution in [0.25, 0.3) is 0 Å². The summed E-state index contributed by atoms with van der Waals surface area (Å²) in [5.41, 5.74) is 0.622. The largest absolute Gasteiger partial charge is 0.380 e. The molecule has 0 radical (unpaired) electrons. The normalized spacial score (nSPS) is 12.8. The molecule has 0 saturated carbocycles. The molecule has 1 atom stereocenters. The topological polar surface area (TPSA) is 46.2 Å². The van der Waals surface area contributed by atoms with E-state index in [0.29, 0.717) is 17.0 Å². The van der Waals surface area contributed by atoms with Crippen LogP contribution in [0, 0.1) is 12.3 Å². The van der Waals surface area contributed by atoms with Crippen LogP contribution in [0.2, 0.25) is 0 Å². The maximum Gasteiger partial charge on any atom is 0.177 e. The van der Waals surface area contributed by atoms with Crippen molar-refractivity contribution in [2.24, 2.45) is 0 Å². The standard InChI is InChI=1S/C13H17NO2S/c1-4-8-11(5-2)14-12-9-6-7-10-13(12)17(3,15)16/h1,6-7,9-11,14H,5,8H2,2-3H3. The van der Waals surface area contributed by atoms with E-state index in [9.17, 15) is 8.42 Å². The number of rotatable bonds is 5. The molecule has 92 valence electrons. The van der Waals surface area contributed by atoms with E-state index in [1.807, 2.05) is 6.92 Å². The Hall–Kier alpha value is -1.47. The first-order chi connectivity index (χ1) is 7.99. The van der Waals surface area contributed by atoms with Gasteiger partial charge in [-0.25, -0.2) is 8.42 Å². The minimum atomic E-state index is -3.22. The third-order valence-corrected chi connectivity index (χ3v) is 3.66. The van der Waals surface area contributed by atoms with E-state index in [0.717, 1.165) is 6.42 Å². The average Bonchev–Trinajstić information content (AvgIpc) is 2.27. The van der Waals surface area contributed by atoms with E-state index in [2.05, 4.69) is 11.2 Å². The lowest BCUT2D eigenvalue weighted by molar-refractivity contribution is 0.601. The lowest BCUT2D eigenvalue weighted by Crippen LogP contribution is -2.19. The van der Waals surface area contributed by atoms with Crippen LogP contribution in [-0.2, 0) is 9.84 Å². The SMILES string of the molecule is C#CCC(CC)Nc1ccccc1S(C)(=O)=O. The fourth-order valence-corrected chi connectivity index (χ4v) is 2.42. The van der Waals surface area contributed by atoms with Gasteiger partial charge in [-0.15, -0.1) is 12.3 Å². The number of nitrogens with one attached hydrogen (secondary N) is 1. The zero-order chi connectivity index (χ0) is 12.9. The third kappa shape index (κ3) is 3.79. The predicted octanol–water partition coefficient (Wildman–Crippen LogP) is 2.30. The first-order valence-corrected chi connectivity index (χ1v) is 7.37. The Balaban J connectivity index is 3.03. The van der Waals surface area contributed by atoms with E-state index in [4.69, 9.17) is 6.42 Å². The second-order valence-corrected chi connectivity index (χ2v) is 5.91. The minimum Gasteiger partial charge on any atom is -0.380 e. The number of anilines is 1. The van der Waals surface area contributed by atoms with Crippen LogP contribution in [-0.4, -0.2) is 20.7 Å². The van der Waals surface area contributed by atoms with Gasteiger partial charge in [-0.3, -0.25) is 0 Å². The molecule has 0 bridgehead atoms. The molecule has 0 amide bonds. The van der Waals surface area contributed by atoms with Crippen LogP contribution in [0.1, 0.15) is 19.8 Å². The highest BCUT2D eigenvalue weighted by molar-refractivity contribution is 7.90. The number of sulfone groups is 1. The van der Waals surface area contributed by atoms with E-state index < -0.39 is 9.84 Å². The van der Waals surface area contributed by atoms with Crippen LogP contribution in [0.4, 0.5) is 5.69 Å². The van der Waals surface area contributed by atoms with E-state index in [1.54, 1.807) is 24.3 Å². The Bertz CT molecular complexity index is 514. The molecule has 1 aromatic rings. The minimum absolute atomic E-state index is 0.0999. The maximum absolute atomic E-state index is 11.6. The number of hydrogen-bond donors (Lipinski definition) is 1. The predicted molar refractivity (Wildman–Crippen MR) is 70.7 cm³/mol. The summed E-state index contributed by atoms with van der Waals surface area (Å²) in [5, 5.41) is 3.18. The Kier molecular flexibility index (Phi) is 4.59. The molecule has 0 saturated heterocycles. The molecule has 0 spiro atoms. The third-order valence-electron chi connectivity index (χ3n) is 2.50. The molecule has 0 aliphatic carbocycles. The zero-order valence-electron chi connectivity index (χ0n) is 10.1. The summed E-state index contributed by atoms with van der Waals surface area (Å²) in [7, 11) is -3.22. The summed E-state index contributed by atoms with van der Waals surface area (Å²) in [6.07, 6.45) is 7.91. The number of para-hydroxylation sites is 1. The van der Waals surface area contributed by atoms with Crippen molar-refractivity contribution < 1.29 is 8.42 Å². The lowest BCUT2D eigenvalue weighted by Gasteiger charge is -2.17. The maximum atomic E-state index is 11.6. The molecule has 4 heteroatoms. The highest BCUT2D eigenvalue weighted by Gasteiger charge is 2.14. The van der Waals surface area contributed by atoms with Gasteiger partial charge in [0, 0.05) is 18.7 Å². The van der Waals surface area contributed by atoms with Gasteiger partial charge in [-0.05, 0) is 18.6 Å². The van der Waals surface area contributed by atoms with Gasteiger partial charge in [-0.2, -0.15) is 0 Å². The van der Waals surface area contributed by atoms with Gasteiger partial charge in [0.05, 0.1) is 10.6 Å².